The molecule has 82 valence electrons. The van der Waals surface area contributed by atoms with Crippen molar-refractivity contribution in [2.75, 3.05) is 6.61 Å². The van der Waals surface area contributed by atoms with Crippen LogP contribution >= 0.6 is 0 Å². The molecule has 0 heterocycles. The number of hydrogen-bond acceptors (Lipinski definition) is 3. The summed E-state index contributed by atoms with van der Waals surface area (Å²) >= 11 is 0. The fraction of sp³-hybridized carbons (Fsp3) is 0.273. The van der Waals surface area contributed by atoms with E-state index in [1.807, 2.05) is 13.0 Å². The summed E-state index contributed by atoms with van der Waals surface area (Å²) in [5, 5.41) is 0. The van der Waals surface area contributed by atoms with Crippen LogP contribution in [-0.2, 0) is 14.3 Å². The highest BCUT2D eigenvalue weighted by Crippen LogP contribution is 2.19. The van der Waals surface area contributed by atoms with Crippen molar-refractivity contribution < 1.29 is 12.6 Å². The molecule has 1 rings (SSSR count). The Labute approximate surface area is 90.5 Å². The maximum Gasteiger partial charge on any atom is 0.297 e. The number of rotatable bonds is 4. The summed E-state index contributed by atoms with van der Waals surface area (Å²) in [6.07, 6.45) is 1.41. The molecule has 0 aromatic heterocycles. The highest BCUT2D eigenvalue weighted by atomic mass is 32.2. The van der Waals surface area contributed by atoms with Gasteiger partial charge < -0.3 is 0 Å². The van der Waals surface area contributed by atoms with Crippen LogP contribution < -0.4 is 0 Å². The van der Waals surface area contributed by atoms with E-state index >= 15 is 0 Å². The van der Waals surface area contributed by atoms with Crippen LogP contribution in [0.1, 0.15) is 11.1 Å². The van der Waals surface area contributed by atoms with Crippen molar-refractivity contribution in [2.45, 2.75) is 18.7 Å². The summed E-state index contributed by atoms with van der Waals surface area (Å²) in [5.74, 6) is 0. The summed E-state index contributed by atoms with van der Waals surface area (Å²) in [5.41, 5.74) is 1.65. The Hall–Kier alpha value is -1.13. The van der Waals surface area contributed by atoms with E-state index < -0.39 is 10.1 Å². The molecule has 0 saturated heterocycles. The van der Waals surface area contributed by atoms with Gasteiger partial charge in [-0.2, -0.15) is 8.42 Å². The maximum atomic E-state index is 11.7. The Morgan fingerprint density at radius 2 is 2.07 bits per heavy atom. The normalized spacial score (nSPS) is 11.3. The Balaban J connectivity index is 3.16. The summed E-state index contributed by atoms with van der Waals surface area (Å²) in [7, 11) is -3.65. The molecule has 3 nitrogen and oxygen atoms in total. The minimum absolute atomic E-state index is 0.00425. The molecule has 0 fully saturated rings. The quantitative estimate of drug-likeness (QED) is 0.584. The highest BCUT2D eigenvalue weighted by molar-refractivity contribution is 7.86. The van der Waals surface area contributed by atoms with Gasteiger partial charge in [-0.25, -0.2) is 0 Å². The van der Waals surface area contributed by atoms with Crippen molar-refractivity contribution in [3.63, 3.8) is 0 Å². The van der Waals surface area contributed by atoms with Crippen LogP contribution in [0.2, 0.25) is 0 Å². The summed E-state index contributed by atoms with van der Waals surface area (Å²) in [6, 6.07) is 5.11. The fourth-order valence-corrected chi connectivity index (χ4v) is 2.38. The molecule has 0 spiro atoms. The van der Waals surface area contributed by atoms with Gasteiger partial charge in [-0.05, 0) is 31.0 Å². The number of hydrogen-bond donors (Lipinski definition) is 0. The molecule has 4 heteroatoms. The van der Waals surface area contributed by atoms with E-state index in [0.29, 0.717) is 0 Å². The van der Waals surface area contributed by atoms with Crippen molar-refractivity contribution in [2.24, 2.45) is 0 Å². The fourth-order valence-electron chi connectivity index (χ4n) is 1.20. The lowest BCUT2D eigenvalue weighted by molar-refractivity contribution is 0.357. The van der Waals surface area contributed by atoms with Gasteiger partial charge in [-0.15, -0.1) is 6.58 Å². The zero-order chi connectivity index (χ0) is 11.5. The minimum Gasteiger partial charge on any atom is -0.262 e. The van der Waals surface area contributed by atoms with Gasteiger partial charge in [0.2, 0.25) is 0 Å². The minimum atomic E-state index is -3.65. The van der Waals surface area contributed by atoms with Gasteiger partial charge in [0, 0.05) is 0 Å². The Bertz CT molecular complexity index is 461. The second kappa shape index (κ2) is 4.59. The van der Waals surface area contributed by atoms with Crippen molar-refractivity contribution in [1.82, 2.24) is 0 Å². The first-order valence-corrected chi connectivity index (χ1v) is 5.96. The zero-order valence-electron chi connectivity index (χ0n) is 8.86. The average molecular weight is 226 g/mol. The van der Waals surface area contributed by atoms with E-state index in [1.54, 1.807) is 19.1 Å². The molecule has 0 amide bonds. The third-order valence-electron chi connectivity index (χ3n) is 2.17. The molecule has 0 radical (unpaired) electrons. The van der Waals surface area contributed by atoms with E-state index in [1.165, 1.54) is 6.08 Å². The monoisotopic (exact) mass is 226 g/mol. The van der Waals surface area contributed by atoms with E-state index in [2.05, 4.69) is 6.58 Å². The van der Waals surface area contributed by atoms with Crippen LogP contribution in [0.3, 0.4) is 0 Å². The summed E-state index contributed by atoms with van der Waals surface area (Å²) in [4.78, 5) is 0.226. The van der Waals surface area contributed by atoms with Crippen LogP contribution in [0.15, 0.2) is 35.7 Å². The van der Waals surface area contributed by atoms with Gasteiger partial charge in [0.15, 0.2) is 0 Å². The van der Waals surface area contributed by atoms with Crippen LogP contribution in [-0.4, -0.2) is 15.0 Å². The lowest BCUT2D eigenvalue weighted by Crippen LogP contribution is -2.08. The second-order valence-corrected chi connectivity index (χ2v) is 4.81. The molecule has 0 bridgehead atoms. The first-order valence-electron chi connectivity index (χ1n) is 4.55. The van der Waals surface area contributed by atoms with Gasteiger partial charge in [-0.3, -0.25) is 4.18 Å². The molecular formula is C11H14O3S. The van der Waals surface area contributed by atoms with E-state index in [0.717, 1.165) is 11.1 Å². The van der Waals surface area contributed by atoms with Gasteiger partial charge in [-0.1, -0.05) is 18.2 Å². The second-order valence-electron chi connectivity index (χ2n) is 3.23. The molecule has 1 aromatic rings. The molecule has 0 unspecified atom stereocenters. The molecular weight excluding hydrogens is 212 g/mol. The van der Waals surface area contributed by atoms with E-state index in [4.69, 9.17) is 4.18 Å². The van der Waals surface area contributed by atoms with Crippen LogP contribution in [0.4, 0.5) is 0 Å². The lowest BCUT2D eigenvalue weighted by Gasteiger charge is -2.08. The SMILES string of the molecule is C=CCOS(=O)(=O)c1cccc(C)c1C. The van der Waals surface area contributed by atoms with Crippen LogP contribution in [0, 0.1) is 13.8 Å². The first-order chi connectivity index (χ1) is 6.99. The van der Waals surface area contributed by atoms with Crippen LogP contribution in [0.5, 0.6) is 0 Å². The zero-order valence-corrected chi connectivity index (χ0v) is 9.67. The third kappa shape index (κ3) is 2.67. The Morgan fingerprint density at radius 3 is 2.67 bits per heavy atom. The van der Waals surface area contributed by atoms with Crippen molar-refractivity contribution >= 4 is 10.1 Å². The smallest absolute Gasteiger partial charge is 0.262 e. The van der Waals surface area contributed by atoms with Gasteiger partial charge in [0.25, 0.3) is 10.1 Å². The molecule has 0 aliphatic rings. The molecule has 15 heavy (non-hydrogen) atoms. The first kappa shape index (κ1) is 11.9. The Kier molecular flexibility index (Phi) is 3.66. The topological polar surface area (TPSA) is 43.4 Å². The van der Waals surface area contributed by atoms with E-state index in [9.17, 15) is 8.42 Å². The van der Waals surface area contributed by atoms with Crippen molar-refractivity contribution in [3.05, 3.63) is 42.0 Å². The molecule has 0 N–H and O–H groups in total. The van der Waals surface area contributed by atoms with Gasteiger partial charge >= 0.3 is 0 Å². The molecule has 0 saturated carbocycles. The largest absolute Gasteiger partial charge is 0.297 e. The van der Waals surface area contributed by atoms with Gasteiger partial charge in [0.05, 0.1) is 11.5 Å². The highest BCUT2D eigenvalue weighted by Gasteiger charge is 2.17. The molecule has 0 aliphatic carbocycles. The number of aryl methyl sites for hydroxylation is 1. The van der Waals surface area contributed by atoms with E-state index in [-0.39, 0.29) is 11.5 Å². The Morgan fingerprint density at radius 1 is 1.40 bits per heavy atom. The maximum absolute atomic E-state index is 11.7. The number of benzene rings is 1. The van der Waals surface area contributed by atoms with Crippen molar-refractivity contribution in [1.29, 1.82) is 0 Å². The average Bonchev–Trinajstić information content (AvgIpc) is 2.19. The van der Waals surface area contributed by atoms with Gasteiger partial charge in [0.1, 0.15) is 0 Å². The summed E-state index contributed by atoms with van der Waals surface area (Å²) in [6.45, 7) is 7.03. The lowest BCUT2D eigenvalue weighted by atomic mass is 10.1. The standard InChI is InChI=1S/C11H14O3S/c1-4-8-14-15(12,13)11-7-5-6-9(2)10(11)3/h4-7H,1,8H2,2-3H3. The molecule has 0 aliphatic heterocycles. The molecule has 0 atom stereocenters. The van der Waals surface area contributed by atoms with Crippen LogP contribution in [0.25, 0.3) is 0 Å². The third-order valence-corrected chi connectivity index (χ3v) is 3.59. The van der Waals surface area contributed by atoms with Crippen molar-refractivity contribution in [3.8, 4) is 0 Å². The predicted octanol–water partition coefficient (Wildman–Crippen LogP) is 2.19. The summed E-state index contributed by atoms with van der Waals surface area (Å²) < 4.78 is 28.1. The molecule has 1 aromatic carbocycles. The predicted molar refractivity (Wildman–Crippen MR) is 59.3 cm³/mol.